The second-order valence-corrected chi connectivity index (χ2v) is 6.24. The second kappa shape index (κ2) is 6.06. The number of aliphatic carboxylic acids is 1. The van der Waals surface area contributed by atoms with Gasteiger partial charge in [-0.05, 0) is 12.0 Å². The Kier molecular flexibility index (Phi) is 4.39. The number of carboxylic acid groups (broad SMARTS) is 1. The lowest BCUT2D eigenvalue weighted by Gasteiger charge is -2.13. The molecule has 21 heavy (non-hydrogen) atoms. The molecule has 1 aromatic carbocycles. The predicted octanol–water partition coefficient (Wildman–Crippen LogP) is 0.394. The molecular weight excluding hydrogens is 294 g/mol. The highest BCUT2D eigenvalue weighted by molar-refractivity contribution is 7.89. The van der Waals surface area contributed by atoms with Crippen LogP contribution in [0.4, 0.5) is 0 Å². The molecule has 0 aliphatic carbocycles. The van der Waals surface area contributed by atoms with Gasteiger partial charge in [0, 0.05) is 13.2 Å². The molecule has 0 aliphatic heterocycles. The second-order valence-electron chi connectivity index (χ2n) is 4.58. The fraction of sp³-hybridized carbons (Fsp3) is 0.231. The van der Waals surface area contributed by atoms with Crippen LogP contribution >= 0.6 is 0 Å². The normalized spacial score (nSPS) is 13.0. The van der Waals surface area contributed by atoms with Gasteiger partial charge in [-0.25, -0.2) is 13.4 Å². The zero-order chi connectivity index (χ0) is 15.5. The molecule has 1 aromatic heterocycles. The molecule has 2 aromatic rings. The molecule has 112 valence electrons. The maximum absolute atomic E-state index is 12.1. The molecule has 0 radical (unpaired) electrons. The van der Waals surface area contributed by atoms with E-state index in [0.29, 0.717) is 0 Å². The maximum atomic E-state index is 12.1. The van der Waals surface area contributed by atoms with Crippen LogP contribution in [0.3, 0.4) is 0 Å². The van der Waals surface area contributed by atoms with Crippen molar-refractivity contribution in [3.8, 4) is 0 Å². The number of imidazole rings is 1. The molecular formula is C13H15N3O4S. The number of nitrogens with zero attached hydrogens (tertiary/aromatic N) is 2. The molecule has 0 saturated heterocycles. The van der Waals surface area contributed by atoms with Gasteiger partial charge in [-0.3, -0.25) is 4.79 Å². The zero-order valence-electron chi connectivity index (χ0n) is 11.3. The summed E-state index contributed by atoms with van der Waals surface area (Å²) in [5, 5.41) is 8.99. The Hall–Kier alpha value is -2.19. The molecule has 1 atom stereocenters. The fourth-order valence-corrected chi connectivity index (χ4v) is 2.97. The summed E-state index contributed by atoms with van der Waals surface area (Å²) in [4.78, 5) is 15.0. The van der Waals surface area contributed by atoms with Crippen molar-refractivity contribution in [2.75, 3.05) is 0 Å². The number of carboxylic acids is 1. The molecule has 0 aliphatic rings. The summed E-state index contributed by atoms with van der Waals surface area (Å²) in [7, 11) is -2.34. The Balaban J connectivity index is 2.18. The highest BCUT2D eigenvalue weighted by Crippen LogP contribution is 2.09. The van der Waals surface area contributed by atoms with Gasteiger partial charge in [-0.1, -0.05) is 30.3 Å². The van der Waals surface area contributed by atoms with Crippen molar-refractivity contribution >= 4 is 16.0 Å². The number of carbonyl (C=O) groups is 1. The van der Waals surface area contributed by atoms with Crippen molar-refractivity contribution in [2.24, 2.45) is 7.05 Å². The van der Waals surface area contributed by atoms with E-state index in [1.54, 1.807) is 37.4 Å². The van der Waals surface area contributed by atoms with Gasteiger partial charge >= 0.3 is 5.97 Å². The monoisotopic (exact) mass is 309 g/mol. The van der Waals surface area contributed by atoms with E-state index in [1.807, 2.05) is 0 Å². The zero-order valence-corrected chi connectivity index (χ0v) is 12.1. The van der Waals surface area contributed by atoms with Crippen LogP contribution in [-0.2, 0) is 28.3 Å². The van der Waals surface area contributed by atoms with Crippen molar-refractivity contribution < 1.29 is 18.3 Å². The largest absolute Gasteiger partial charge is 0.480 e. The molecule has 0 amide bonds. The van der Waals surface area contributed by atoms with Crippen LogP contribution in [-0.4, -0.2) is 35.1 Å². The number of benzene rings is 1. The van der Waals surface area contributed by atoms with Crippen LogP contribution in [0.2, 0.25) is 0 Å². The lowest BCUT2D eigenvalue weighted by molar-refractivity contribution is -0.138. The van der Waals surface area contributed by atoms with Crippen LogP contribution in [0.1, 0.15) is 5.56 Å². The summed E-state index contributed by atoms with van der Waals surface area (Å²) in [5.74, 6) is -1.24. The van der Waals surface area contributed by atoms with Gasteiger partial charge in [0.05, 0.1) is 6.33 Å². The molecule has 0 bridgehead atoms. The highest BCUT2D eigenvalue weighted by atomic mass is 32.2. The lowest BCUT2D eigenvalue weighted by Crippen LogP contribution is -2.42. The predicted molar refractivity (Wildman–Crippen MR) is 75.1 cm³/mol. The minimum atomic E-state index is -3.97. The van der Waals surface area contributed by atoms with Crippen LogP contribution in [0, 0.1) is 0 Å². The average molecular weight is 309 g/mol. The van der Waals surface area contributed by atoms with Crippen LogP contribution in [0.15, 0.2) is 47.9 Å². The minimum Gasteiger partial charge on any atom is -0.480 e. The van der Waals surface area contributed by atoms with Crippen molar-refractivity contribution in [2.45, 2.75) is 17.5 Å². The molecule has 1 heterocycles. The molecule has 0 spiro atoms. The molecule has 2 N–H and O–H groups in total. The fourth-order valence-electron chi connectivity index (χ4n) is 1.80. The van der Waals surface area contributed by atoms with Gasteiger partial charge in [0.1, 0.15) is 6.04 Å². The Bertz CT molecular complexity index is 725. The molecule has 0 saturated carbocycles. The summed E-state index contributed by atoms with van der Waals surface area (Å²) in [6.45, 7) is 0. The summed E-state index contributed by atoms with van der Waals surface area (Å²) in [6, 6.07) is 7.57. The molecule has 0 unspecified atom stereocenters. The quantitative estimate of drug-likeness (QED) is 0.804. The van der Waals surface area contributed by atoms with E-state index in [9.17, 15) is 18.3 Å². The first-order valence-electron chi connectivity index (χ1n) is 6.15. The Morgan fingerprint density at radius 2 is 2.05 bits per heavy atom. The van der Waals surface area contributed by atoms with E-state index in [1.165, 1.54) is 17.1 Å². The summed E-state index contributed by atoms with van der Waals surface area (Å²) >= 11 is 0. The van der Waals surface area contributed by atoms with E-state index in [4.69, 9.17) is 0 Å². The van der Waals surface area contributed by atoms with E-state index < -0.39 is 22.0 Å². The summed E-state index contributed by atoms with van der Waals surface area (Å²) in [6.07, 6.45) is 2.70. The van der Waals surface area contributed by atoms with Gasteiger partial charge in [0.2, 0.25) is 0 Å². The topological polar surface area (TPSA) is 101 Å². The third-order valence-electron chi connectivity index (χ3n) is 2.83. The first kappa shape index (κ1) is 15.2. The van der Waals surface area contributed by atoms with Crippen LogP contribution < -0.4 is 4.72 Å². The molecule has 8 heteroatoms. The minimum absolute atomic E-state index is 0.0578. The summed E-state index contributed by atoms with van der Waals surface area (Å²) < 4.78 is 27.8. The van der Waals surface area contributed by atoms with Gasteiger partial charge in [-0.2, -0.15) is 4.72 Å². The number of nitrogens with one attached hydrogen (secondary N) is 1. The van der Waals surface area contributed by atoms with Gasteiger partial charge in [-0.15, -0.1) is 0 Å². The van der Waals surface area contributed by atoms with Gasteiger partial charge in [0.25, 0.3) is 10.0 Å². The number of hydrogen-bond acceptors (Lipinski definition) is 4. The number of sulfonamides is 1. The first-order valence-corrected chi connectivity index (χ1v) is 7.64. The van der Waals surface area contributed by atoms with Crippen molar-refractivity contribution in [1.82, 2.24) is 14.3 Å². The third kappa shape index (κ3) is 3.89. The average Bonchev–Trinajstić information content (AvgIpc) is 2.86. The third-order valence-corrected chi connectivity index (χ3v) is 4.19. The maximum Gasteiger partial charge on any atom is 0.322 e. The van der Waals surface area contributed by atoms with Crippen molar-refractivity contribution in [3.63, 3.8) is 0 Å². The SMILES string of the molecule is Cn1cnc(S(=O)(=O)N[C@@H](Cc2ccccc2)C(=O)O)c1. The molecule has 2 rings (SSSR count). The van der Waals surface area contributed by atoms with Gasteiger partial charge in [0.15, 0.2) is 5.03 Å². The lowest BCUT2D eigenvalue weighted by atomic mass is 10.1. The number of aromatic nitrogens is 2. The highest BCUT2D eigenvalue weighted by Gasteiger charge is 2.27. The van der Waals surface area contributed by atoms with E-state index in [2.05, 4.69) is 9.71 Å². The summed E-state index contributed by atoms with van der Waals surface area (Å²) in [5.41, 5.74) is 0.730. The van der Waals surface area contributed by atoms with Crippen LogP contribution in [0.5, 0.6) is 0 Å². The van der Waals surface area contributed by atoms with Crippen LogP contribution in [0.25, 0.3) is 0 Å². The first-order chi connectivity index (χ1) is 9.88. The Labute approximate surface area is 122 Å². The number of aryl methyl sites for hydroxylation is 1. The Morgan fingerprint density at radius 3 is 2.57 bits per heavy atom. The number of hydrogen-bond donors (Lipinski definition) is 2. The van der Waals surface area contributed by atoms with Gasteiger partial charge < -0.3 is 9.67 Å². The van der Waals surface area contributed by atoms with E-state index in [0.717, 1.165) is 5.56 Å². The van der Waals surface area contributed by atoms with E-state index in [-0.39, 0.29) is 11.4 Å². The Morgan fingerprint density at radius 1 is 1.38 bits per heavy atom. The van der Waals surface area contributed by atoms with E-state index >= 15 is 0 Å². The number of rotatable bonds is 6. The molecule has 0 fully saturated rings. The smallest absolute Gasteiger partial charge is 0.322 e. The molecule has 7 nitrogen and oxygen atoms in total. The van der Waals surface area contributed by atoms with Crippen molar-refractivity contribution in [1.29, 1.82) is 0 Å². The van der Waals surface area contributed by atoms with Crippen molar-refractivity contribution in [3.05, 3.63) is 48.4 Å². The standard InChI is InChI=1S/C13H15N3O4S/c1-16-8-12(14-9-16)21(19,20)15-11(13(17)18)7-10-5-3-2-4-6-10/h2-6,8-9,11,15H,7H2,1H3,(H,17,18)/t11-/m0/s1.